The third-order valence-corrected chi connectivity index (χ3v) is 4.56. The maximum absolute atomic E-state index is 13.7. The number of aromatic nitrogens is 2. The van der Waals surface area contributed by atoms with Crippen LogP contribution in [0.5, 0.6) is 0 Å². The highest BCUT2D eigenvalue weighted by Crippen LogP contribution is 2.33. The van der Waals surface area contributed by atoms with E-state index in [0.29, 0.717) is 6.54 Å². The van der Waals surface area contributed by atoms with Gasteiger partial charge in [0.05, 0.1) is 0 Å². The number of carbonyl (C=O) groups is 1. The quantitative estimate of drug-likeness (QED) is 0.626. The van der Waals surface area contributed by atoms with Crippen LogP contribution in [0.25, 0.3) is 5.65 Å². The molecule has 0 atom stereocenters. The topological polar surface area (TPSA) is 40.9 Å². The van der Waals surface area contributed by atoms with Crippen LogP contribution in [0.4, 0.5) is 13.2 Å². The maximum atomic E-state index is 13.7. The fourth-order valence-electron chi connectivity index (χ4n) is 3.08. The van der Waals surface area contributed by atoms with E-state index < -0.39 is 23.5 Å². The lowest BCUT2D eigenvalue weighted by Crippen LogP contribution is -2.37. The van der Waals surface area contributed by atoms with Gasteiger partial charge < -0.3 is 9.80 Å². The second kappa shape index (κ2) is 8.24. The summed E-state index contributed by atoms with van der Waals surface area (Å²) in [5.41, 5.74) is 0.0687. The van der Waals surface area contributed by atoms with Crippen LogP contribution >= 0.6 is 0 Å². The van der Waals surface area contributed by atoms with Crippen LogP contribution in [0.2, 0.25) is 0 Å². The summed E-state index contributed by atoms with van der Waals surface area (Å²) in [6, 6.07) is 12.4. The number of likely N-dealkylation sites (N-methyl/N-ethyl adjacent to an activating group) is 1. The van der Waals surface area contributed by atoms with Crippen molar-refractivity contribution in [2.45, 2.75) is 19.6 Å². The summed E-state index contributed by atoms with van der Waals surface area (Å²) in [6.45, 7) is 2.78. The minimum Gasteiger partial charge on any atom is -0.332 e. The smallest absolute Gasteiger partial charge is 0.332 e. The van der Waals surface area contributed by atoms with Crippen molar-refractivity contribution in [3.63, 3.8) is 0 Å². The van der Waals surface area contributed by atoms with Crippen LogP contribution in [-0.2, 0) is 12.7 Å². The zero-order chi connectivity index (χ0) is 21.2. The maximum Gasteiger partial charge on any atom is 0.435 e. The van der Waals surface area contributed by atoms with Gasteiger partial charge in [0, 0.05) is 25.8 Å². The largest absolute Gasteiger partial charge is 0.435 e. The minimum absolute atomic E-state index is 0.0959. The number of hydrogen-bond acceptors (Lipinski definition) is 3. The number of pyridine rings is 1. The van der Waals surface area contributed by atoms with Crippen LogP contribution in [-0.4, -0.2) is 52.3 Å². The summed E-state index contributed by atoms with van der Waals surface area (Å²) in [7, 11) is 3.70. The van der Waals surface area contributed by atoms with Crippen LogP contribution in [0.1, 0.15) is 27.3 Å². The number of carbonyl (C=O) groups excluding carboxylic acids is 1. The highest BCUT2D eigenvalue weighted by atomic mass is 19.4. The highest BCUT2D eigenvalue weighted by Gasteiger charge is 2.41. The molecular weight excluding hydrogens is 381 g/mol. The van der Waals surface area contributed by atoms with Crippen LogP contribution < -0.4 is 0 Å². The number of aryl methyl sites for hydroxylation is 1. The molecule has 0 radical (unpaired) electrons. The SMILES string of the molecule is Cc1ccc2nc(C(F)(F)F)c(C(=O)N(CCN(C)C)Cc3ccccc3)n2c1. The number of amides is 1. The normalized spacial score (nSPS) is 12.0. The Balaban J connectivity index is 2.08. The fraction of sp³-hybridized carbons (Fsp3) is 0.333. The van der Waals surface area contributed by atoms with Gasteiger partial charge in [-0.2, -0.15) is 13.2 Å². The first-order valence-electron chi connectivity index (χ1n) is 9.20. The molecule has 154 valence electrons. The molecule has 2 aromatic heterocycles. The number of benzene rings is 1. The molecular formula is C21H23F3N4O. The van der Waals surface area contributed by atoms with Gasteiger partial charge >= 0.3 is 6.18 Å². The van der Waals surface area contributed by atoms with E-state index in [4.69, 9.17) is 0 Å². The molecule has 0 saturated carbocycles. The molecule has 0 N–H and O–H groups in total. The van der Waals surface area contributed by atoms with Gasteiger partial charge in [-0.05, 0) is 38.2 Å². The van der Waals surface area contributed by atoms with Crippen molar-refractivity contribution in [3.05, 3.63) is 71.2 Å². The van der Waals surface area contributed by atoms with Gasteiger partial charge in [-0.1, -0.05) is 36.4 Å². The molecule has 0 bridgehead atoms. The summed E-state index contributed by atoms with van der Waals surface area (Å²) in [6.07, 6.45) is -3.22. The average Bonchev–Trinajstić information content (AvgIpc) is 3.04. The van der Waals surface area contributed by atoms with Gasteiger partial charge in [-0.25, -0.2) is 4.98 Å². The van der Waals surface area contributed by atoms with Crippen molar-refractivity contribution < 1.29 is 18.0 Å². The molecule has 0 aliphatic rings. The zero-order valence-corrected chi connectivity index (χ0v) is 16.6. The lowest BCUT2D eigenvalue weighted by Gasteiger charge is -2.25. The lowest BCUT2D eigenvalue weighted by molar-refractivity contribution is -0.141. The average molecular weight is 404 g/mol. The Morgan fingerprint density at radius 2 is 1.76 bits per heavy atom. The second-order valence-electron chi connectivity index (χ2n) is 7.26. The van der Waals surface area contributed by atoms with E-state index in [9.17, 15) is 18.0 Å². The summed E-state index contributed by atoms with van der Waals surface area (Å²) < 4.78 is 42.3. The molecule has 1 aromatic carbocycles. The minimum atomic E-state index is -4.73. The van der Waals surface area contributed by atoms with E-state index >= 15 is 0 Å². The Morgan fingerprint density at radius 1 is 1.07 bits per heavy atom. The Labute approximate surface area is 167 Å². The zero-order valence-electron chi connectivity index (χ0n) is 16.6. The molecule has 0 aliphatic heterocycles. The van der Waals surface area contributed by atoms with E-state index in [1.54, 1.807) is 13.0 Å². The number of fused-ring (bicyclic) bond motifs is 1. The molecule has 0 unspecified atom stereocenters. The molecule has 5 nitrogen and oxygen atoms in total. The third-order valence-electron chi connectivity index (χ3n) is 4.56. The molecule has 3 rings (SSSR count). The number of alkyl halides is 3. The number of halogens is 3. The van der Waals surface area contributed by atoms with E-state index in [-0.39, 0.29) is 18.7 Å². The molecule has 0 saturated heterocycles. The Morgan fingerprint density at radius 3 is 2.38 bits per heavy atom. The number of imidazole rings is 1. The van der Waals surface area contributed by atoms with Crippen molar-refractivity contribution in [1.29, 1.82) is 0 Å². The van der Waals surface area contributed by atoms with Gasteiger partial charge in [0.1, 0.15) is 11.3 Å². The van der Waals surface area contributed by atoms with Gasteiger partial charge in [0.2, 0.25) is 0 Å². The van der Waals surface area contributed by atoms with E-state index in [1.807, 2.05) is 49.3 Å². The van der Waals surface area contributed by atoms with Crippen LogP contribution in [0.15, 0.2) is 48.7 Å². The standard InChI is InChI=1S/C21H23F3N4O/c1-15-9-10-17-25-19(21(22,23)24)18(28(17)13-15)20(29)27(12-11-26(2)3)14-16-7-5-4-6-8-16/h4-10,13H,11-12,14H2,1-3H3. The summed E-state index contributed by atoms with van der Waals surface area (Å²) in [5.74, 6) is -0.693. The molecule has 8 heteroatoms. The number of rotatable bonds is 6. The molecule has 2 heterocycles. The van der Waals surface area contributed by atoms with E-state index in [2.05, 4.69) is 4.98 Å². The Bertz CT molecular complexity index is 996. The van der Waals surface area contributed by atoms with Crippen molar-refractivity contribution in [2.75, 3.05) is 27.2 Å². The fourth-order valence-corrected chi connectivity index (χ4v) is 3.08. The summed E-state index contributed by atoms with van der Waals surface area (Å²) >= 11 is 0. The van der Waals surface area contributed by atoms with Crippen LogP contribution in [0.3, 0.4) is 0 Å². The van der Waals surface area contributed by atoms with E-state index in [0.717, 1.165) is 11.1 Å². The van der Waals surface area contributed by atoms with Gasteiger partial charge in [-0.3, -0.25) is 9.20 Å². The van der Waals surface area contributed by atoms with Crippen molar-refractivity contribution in [3.8, 4) is 0 Å². The molecule has 29 heavy (non-hydrogen) atoms. The first-order chi connectivity index (χ1) is 13.7. The van der Waals surface area contributed by atoms with E-state index in [1.165, 1.54) is 21.6 Å². The second-order valence-corrected chi connectivity index (χ2v) is 7.26. The van der Waals surface area contributed by atoms with Gasteiger partial charge in [0.15, 0.2) is 5.69 Å². The van der Waals surface area contributed by atoms with Crippen molar-refractivity contribution >= 4 is 11.6 Å². The number of nitrogens with zero attached hydrogens (tertiary/aromatic N) is 4. The highest BCUT2D eigenvalue weighted by molar-refractivity contribution is 5.95. The first kappa shape index (κ1) is 20.9. The molecule has 0 spiro atoms. The summed E-state index contributed by atoms with van der Waals surface area (Å²) in [4.78, 5) is 20.4. The Kier molecular flexibility index (Phi) is 5.93. The molecule has 1 amide bonds. The van der Waals surface area contributed by atoms with Crippen molar-refractivity contribution in [1.82, 2.24) is 19.2 Å². The van der Waals surface area contributed by atoms with Crippen LogP contribution in [0, 0.1) is 6.92 Å². The van der Waals surface area contributed by atoms with Gasteiger partial charge in [-0.15, -0.1) is 0 Å². The number of hydrogen-bond donors (Lipinski definition) is 0. The molecule has 0 aliphatic carbocycles. The summed E-state index contributed by atoms with van der Waals surface area (Å²) in [5, 5.41) is 0. The third kappa shape index (κ3) is 4.76. The molecule has 0 fully saturated rings. The van der Waals surface area contributed by atoms with Crippen molar-refractivity contribution in [2.24, 2.45) is 0 Å². The van der Waals surface area contributed by atoms with Gasteiger partial charge in [0.25, 0.3) is 5.91 Å². The predicted molar refractivity (Wildman–Crippen MR) is 105 cm³/mol. The Hall–Kier alpha value is -2.87. The first-order valence-corrected chi connectivity index (χ1v) is 9.20. The lowest BCUT2D eigenvalue weighted by atomic mass is 10.2. The predicted octanol–water partition coefficient (Wildman–Crippen LogP) is 3.87. The monoisotopic (exact) mass is 404 g/mol. The molecule has 3 aromatic rings.